The van der Waals surface area contributed by atoms with Crippen molar-refractivity contribution in [2.45, 2.75) is 75.5 Å². The molecule has 0 bridgehead atoms. The molecule has 0 aliphatic heterocycles. The van der Waals surface area contributed by atoms with Crippen molar-refractivity contribution in [1.29, 1.82) is 0 Å². The lowest BCUT2D eigenvalue weighted by atomic mass is 9.93. The highest BCUT2D eigenvalue weighted by molar-refractivity contribution is 7.85. The van der Waals surface area contributed by atoms with Gasteiger partial charge in [-0.05, 0) is 36.0 Å². The lowest BCUT2D eigenvalue weighted by Crippen LogP contribution is -1.99. The quantitative estimate of drug-likeness (QED) is 0.529. The van der Waals surface area contributed by atoms with Crippen LogP contribution in [0.3, 0.4) is 0 Å². The van der Waals surface area contributed by atoms with Crippen LogP contribution in [0.1, 0.15) is 76.2 Å². The summed E-state index contributed by atoms with van der Waals surface area (Å²) < 4.78 is 31.0. The minimum absolute atomic E-state index is 0.0278. The molecule has 0 saturated heterocycles. The minimum Gasteiger partial charge on any atom is -0.282 e. The van der Waals surface area contributed by atoms with Crippen LogP contribution in [0.25, 0.3) is 0 Å². The third kappa shape index (κ3) is 5.40. The highest BCUT2D eigenvalue weighted by atomic mass is 32.2. The van der Waals surface area contributed by atoms with E-state index >= 15 is 0 Å². The molecule has 1 aromatic rings. The molecule has 0 heterocycles. The topological polar surface area (TPSA) is 54.4 Å². The Labute approximate surface area is 134 Å². The molecule has 3 nitrogen and oxygen atoms in total. The van der Waals surface area contributed by atoms with Gasteiger partial charge in [0.05, 0.1) is 4.90 Å². The van der Waals surface area contributed by atoms with Gasteiger partial charge in [-0.2, -0.15) is 8.42 Å². The Balaban J connectivity index is 1.69. The molecule has 1 aliphatic carbocycles. The van der Waals surface area contributed by atoms with Gasteiger partial charge >= 0.3 is 0 Å². The molecule has 1 unspecified atom stereocenters. The first-order chi connectivity index (χ1) is 10.5. The van der Waals surface area contributed by atoms with Crippen LogP contribution in [-0.2, 0) is 10.1 Å². The van der Waals surface area contributed by atoms with E-state index in [1.54, 1.807) is 0 Å². The first kappa shape index (κ1) is 17.5. The van der Waals surface area contributed by atoms with Gasteiger partial charge in [0.25, 0.3) is 10.1 Å². The van der Waals surface area contributed by atoms with Crippen LogP contribution in [0.2, 0.25) is 0 Å². The first-order valence-corrected chi connectivity index (χ1v) is 9.98. The summed E-state index contributed by atoms with van der Waals surface area (Å²) >= 11 is 0. The van der Waals surface area contributed by atoms with E-state index in [4.69, 9.17) is 4.55 Å². The zero-order chi connectivity index (χ0) is 16.0. The molecule has 1 aromatic carbocycles. The fraction of sp³-hybridized carbons (Fsp3) is 0.667. The first-order valence-electron chi connectivity index (χ1n) is 8.54. The van der Waals surface area contributed by atoms with Crippen molar-refractivity contribution in [3.63, 3.8) is 0 Å². The number of benzene rings is 1. The van der Waals surface area contributed by atoms with Crippen molar-refractivity contribution < 1.29 is 13.0 Å². The Bertz CT molecular complexity index is 542. The van der Waals surface area contributed by atoms with Crippen LogP contribution in [0.5, 0.6) is 0 Å². The molecule has 0 radical (unpaired) electrons. The molecule has 1 atom stereocenters. The summed E-state index contributed by atoms with van der Waals surface area (Å²) in [6.45, 7) is 2.18. The van der Waals surface area contributed by atoms with E-state index < -0.39 is 10.1 Å². The fourth-order valence-corrected chi connectivity index (χ4v) is 3.97. The van der Waals surface area contributed by atoms with E-state index in [0.29, 0.717) is 5.92 Å². The van der Waals surface area contributed by atoms with Gasteiger partial charge in [-0.15, -0.1) is 0 Å². The molecular formula is C18H28O3S. The maximum absolute atomic E-state index is 11.0. The standard InChI is InChI=1S/C18H28O3S/c1-15(7-3-2-4-8-16-9-5-6-10-16)17-11-13-18(14-12-17)22(19,20)21/h11-16H,2-10H2,1H3,(H,19,20,21). The summed E-state index contributed by atoms with van der Waals surface area (Å²) in [4.78, 5) is -0.0278. The average Bonchev–Trinajstić information content (AvgIpc) is 2.99. The molecule has 1 N–H and O–H groups in total. The van der Waals surface area contributed by atoms with Crippen molar-refractivity contribution in [3.05, 3.63) is 29.8 Å². The van der Waals surface area contributed by atoms with Crippen LogP contribution >= 0.6 is 0 Å². The van der Waals surface area contributed by atoms with E-state index in [1.807, 2.05) is 12.1 Å². The Morgan fingerprint density at radius 1 is 1.09 bits per heavy atom. The highest BCUT2D eigenvalue weighted by Gasteiger charge is 2.14. The smallest absolute Gasteiger partial charge is 0.282 e. The Morgan fingerprint density at radius 2 is 1.73 bits per heavy atom. The van der Waals surface area contributed by atoms with Gasteiger partial charge in [0.2, 0.25) is 0 Å². The second-order valence-electron chi connectivity index (χ2n) is 6.73. The summed E-state index contributed by atoms with van der Waals surface area (Å²) in [5.41, 5.74) is 1.14. The predicted molar refractivity (Wildman–Crippen MR) is 89.7 cm³/mol. The molecule has 124 valence electrons. The molecule has 1 saturated carbocycles. The lowest BCUT2D eigenvalue weighted by molar-refractivity contribution is 0.459. The van der Waals surface area contributed by atoms with Gasteiger partial charge in [-0.25, -0.2) is 0 Å². The van der Waals surface area contributed by atoms with Crippen LogP contribution in [-0.4, -0.2) is 13.0 Å². The molecular weight excluding hydrogens is 296 g/mol. The molecule has 4 heteroatoms. The normalized spacial score (nSPS) is 17.7. The number of hydrogen-bond donors (Lipinski definition) is 1. The van der Waals surface area contributed by atoms with Crippen LogP contribution in [0.4, 0.5) is 0 Å². The summed E-state index contributed by atoms with van der Waals surface area (Å²) in [5.74, 6) is 1.42. The van der Waals surface area contributed by atoms with Crippen LogP contribution in [0.15, 0.2) is 29.2 Å². The van der Waals surface area contributed by atoms with Gasteiger partial charge in [-0.1, -0.05) is 70.4 Å². The van der Waals surface area contributed by atoms with Crippen molar-refractivity contribution >= 4 is 10.1 Å². The highest BCUT2D eigenvalue weighted by Crippen LogP contribution is 2.30. The third-order valence-corrected chi connectivity index (χ3v) is 5.84. The van der Waals surface area contributed by atoms with E-state index in [-0.39, 0.29) is 4.90 Å². The Morgan fingerprint density at radius 3 is 2.32 bits per heavy atom. The molecule has 0 aromatic heterocycles. The van der Waals surface area contributed by atoms with E-state index in [1.165, 1.54) is 63.5 Å². The van der Waals surface area contributed by atoms with Gasteiger partial charge in [0, 0.05) is 0 Å². The SMILES string of the molecule is CC(CCCCCC1CCCC1)c1ccc(S(=O)(=O)O)cc1. The van der Waals surface area contributed by atoms with E-state index in [9.17, 15) is 8.42 Å². The monoisotopic (exact) mass is 324 g/mol. The summed E-state index contributed by atoms with van der Waals surface area (Å²) in [5, 5.41) is 0. The largest absolute Gasteiger partial charge is 0.294 e. The lowest BCUT2D eigenvalue weighted by Gasteiger charge is -2.13. The second kappa shape index (κ2) is 8.11. The molecule has 2 rings (SSSR count). The summed E-state index contributed by atoms with van der Waals surface area (Å²) in [6, 6.07) is 6.60. The van der Waals surface area contributed by atoms with E-state index in [2.05, 4.69) is 6.92 Å². The van der Waals surface area contributed by atoms with Crippen molar-refractivity contribution in [1.82, 2.24) is 0 Å². The average molecular weight is 324 g/mol. The van der Waals surface area contributed by atoms with Gasteiger partial charge in [0.15, 0.2) is 0 Å². The summed E-state index contributed by atoms with van der Waals surface area (Å²) in [7, 11) is -4.08. The van der Waals surface area contributed by atoms with Gasteiger partial charge in [-0.3, -0.25) is 4.55 Å². The number of rotatable bonds is 8. The maximum Gasteiger partial charge on any atom is 0.294 e. The van der Waals surface area contributed by atoms with Crippen molar-refractivity contribution in [3.8, 4) is 0 Å². The minimum atomic E-state index is -4.08. The zero-order valence-corrected chi connectivity index (χ0v) is 14.3. The molecule has 0 amide bonds. The Kier molecular flexibility index (Phi) is 6.45. The summed E-state index contributed by atoms with van der Waals surface area (Å²) in [6.07, 6.45) is 12.2. The van der Waals surface area contributed by atoms with Crippen LogP contribution in [0, 0.1) is 5.92 Å². The molecule has 1 aliphatic rings. The van der Waals surface area contributed by atoms with Gasteiger partial charge in [0.1, 0.15) is 0 Å². The molecule has 1 fully saturated rings. The molecule has 22 heavy (non-hydrogen) atoms. The van der Waals surface area contributed by atoms with Crippen LogP contribution < -0.4 is 0 Å². The predicted octanol–water partition coefficient (Wildman–Crippen LogP) is 5.18. The van der Waals surface area contributed by atoms with Crippen molar-refractivity contribution in [2.75, 3.05) is 0 Å². The number of unbranched alkanes of at least 4 members (excludes halogenated alkanes) is 2. The second-order valence-corrected chi connectivity index (χ2v) is 8.16. The van der Waals surface area contributed by atoms with Gasteiger partial charge < -0.3 is 0 Å². The fourth-order valence-electron chi connectivity index (χ4n) is 3.49. The third-order valence-electron chi connectivity index (χ3n) is 4.97. The Hall–Kier alpha value is -0.870. The molecule has 0 spiro atoms. The maximum atomic E-state index is 11.0. The zero-order valence-electron chi connectivity index (χ0n) is 13.5. The van der Waals surface area contributed by atoms with Crippen molar-refractivity contribution in [2.24, 2.45) is 5.92 Å². The van der Waals surface area contributed by atoms with E-state index in [0.717, 1.165) is 17.9 Å². The number of hydrogen-bond acceptors (Lipinski definition) is 2.